The van der Waals surface area contributed by atoms with Crippen LogP contribution in [0.2, 0.25) is 0 Å². The third kappa shape index (κ3) is 8.26. The Kier molecular flexibility index (Phi) is 8.67. The fraction of sp³-hybridized carbons (Fsp3) is 0.500. The van der Waals surface area contributed by atoms with Crippen LogP contribution in [-0.2, 0) is 16.0 Å². The van der Waals surface area contributed by atoms with E-state index in [1.54, 1.807) is 7.11 Å². The van der Waals surface area contributed by atoms with Gasteiger partial charge in [0.15, 0.2) is 0 Å². The first-order chi connectivity index (χ1) is 10.6. The maximum atomic E-state index is 11.8. The zero-order valence-electron chi connectivity index (χ0n) is 12.9. The van der Waals surface area contributed by atoms with E-state index in [1.165, 1.54) is 0 Å². The van der Waals surface area contributed by atoms with Crippen molar-refractivity contribution in [1.29, 1.82) is 0 Å². The lowest BCUT2D eigenvalue weighted by Gasteiger charge is -2.19. The van der Waals surface area contributed by atoms with Gasteiger partial charge in [-0.1, -0.05) is 30.3 Å². The number of urea groups is 1. The predicted octanol–water partition coefficient (Wildman–Crippen LogP) is 1.80. The normalized spacial score (nSPS) is 11.7. The lowest BCUT2D eigenvalue weighted by molar-refractivity contribution is -0.136. The van der Waals surface area contributed by atoms with E-state index in [-0.39, 0.29) is 25.0 Å². The van der Waals surface area contributed by atoms with Gasteiger partial charge in [-0.05, 0) is 24.8 Å². The van der Waals surface area contributed by atoms with Crippen molar-refractivity contribution in [2.75, 3.05) is 20.3 Å². The molecule has 0 radical (unpaired) electrons. The van der Waals surface area contributed by atoms with Gasteiger partial charge in [0.05, 0.1) is 6.42 Å². The summed E-state index contributed by atoms with van der Waals surface area (Å²) < 4.78 is 5.05. The van der Waals surface area contributed by atoms with E-state index in [0.29, 0.717) is 6.61 Å². The molecule has 0 saturated carbocycles. The van der Waals surface area contributed by atoms with Crippen LogP contribution in [0.5, 0.6) is 0 Å². The number of carbonyl (C=O) groups excluding carboxylic acids is 1. The Morgan fingerprint density at radius 1 is 1.27 bits per heavy atom. The first-order valence-corrected chi connectivity index (χ1v) is 7.41. The van der Waals surface area contributed by atoms with E-state index < -0.39 is 5.97 Å². The summed E-state index contributed by atoms with van der Waals surface area (Å²) in [5, 5.41) is 14.0. The van der Waals surface area contributed by atoms with Gasteiger partial charge in [0.25, 0.3) is 0 Å². The zero-order chi connectivity index (χ0) is 16.2. The fourth-order valence-electron chi connectivity index (χ4n) is 2.12. The number of methoxy groups -OCH3 is 1. The van der Waals surface area contributed by atoms with Crippen molar-refractivity contribution >= 4 is 12.0 Å². The number of carbonyl (C=O) groups is 2. The topological polar surface area (TPSA) is 87.7 Å². The minimum absolute atomic E-state index is 0.0117. The Morgan fingerprint density at radius 3 is 2.64 bits per heavy atom. The SMILES string of the molecule is COCCCC(Cc1ccccc1)NC(=O)NCCC(=O)O. The lowest BCUT2D eigenvalue weighted by atomic mass is 10.0. The van der Waals surface area contributed by atoms with E-state index in [9.17, 15) is 9.59 Å². The van der Waals surface area contributed by atoms with Gasteiger partial charge in [0.1, 0.15) is 0 Å². The number of benzene rings is 1. The molecule has 22 heavy (non-hydrogen) atoms. The van der Waals surface area contributed by atoms with Gasteiger partial charge >= 0.3 is 12.0 Å². The summed E-state index contributed by atoms with van der Waals surface area (Å²) in [7, 11) is 1.65. The minimum atomic E-state index is -0.929. The minimum Gasteiger partial charge on any atom is -0.481 e. The molecule has 0 heterocycles. The maximum Gasteiger partial charge on any atom is 0.315 e. The highest BCUT2D eigenvalue weighted by molar-refractivity contribution is 5.75. The van der Waals surface area contributed by atoms with Crippen molar-refractivity contribution in [2.45, 2.75) is 31.7 Å². The second-order valence-corrected chi connectivity index (χ2v) is 5.07. The van der Waals surface area contributed by atoms with Crippen molar-refractivity contribution in [3.63, 3.8) is 0 Å². The summed E-state index contributed by atoms with van der Waals surface area (Å²) in [5.41, 5.74) is 1.15. The smallest absolute Gasteiger partial charge is 0.315 e. The van der Waals surface area contributed by atoms with Crippen molar-refractivity contribution in [3.8, 4) is 0 Å². The third-order valence-corrected chi connectivity index (χ3v) is 3.19. The number of hydrogen-bond donors (Lipinski definition) is 3. The van der Waals surface area contributed by atoms with Crippen molar-refractivity contribution in [1.82, 2.24) is 10.6 Å². The van der Waals surface area contributed by atoms with Crippen LogP contribution in [0, 0.1) is 0 Å². The molecule has 1 unspecified atom stereocenters. The molecule has 2 amide bonds. The molecule has 0 aliphatic carbocycles. The van der Waals surface area contributed by atoms with Crippen LogP contribution in [0.1, 0.15) is 24.8 Å². The molecule has 0 aliphatic rings. The summed E-state index contributed by atoms with van der Waals surface area (Å²) in [5.74, 6) is -0.929. The van der Waals surface area contributed by atoms with E-state index in [1.807, 2.05) is 30.3 Å². The molecule has 0 aliphatic heterocycles. The van der Waals surface area contributed by atoms with Crippen molar-refractivity contribution in [2.24, 2.45) is 0 Å². The molecule has 0 spiro atoms. The Balaban J connectivity index is 2.46. The molecule has 122 valence electrons. The fourth-order valence-corrected chi connectivity index (χ4v) is 2.12. The zero-order valence-corrected chi connectivity index (χ0v) is 12.9. The number of aliphatic carboxylic acids is 1. The molecular weight excluding hydrogens is 284 g/mol. The van der Waals surface area contributed by atoms with Gasteiger partial charge in [0, 0.05) is 26.3 Å². The number of ether oxygens (including phenoxy) is 1. The van der Waals surface area contributed by atoms with E-state index in [2.05, 4.69) is 10.6 Å². The van der Waals surface area contributed by atoms with Gasteiger partial charge in [0.2, 0.25) is 0 Å². The quantitative estimate of drug-likeness (QED) is 0.575. The summed E-state index contributed by atoms with van der Waals surface area (Å²) in [6, 6.07) is 9.58. The molecule has 0 bridgehead atoms. The van der Waals surface area contributed by atoms with Crippen LogP contribution in [-0.4, -0.2) is 43.4 Å². The number of amides is 2. The summed E-state index contributed by atoms with van der Waals surface area (Å²) in [6.07, 6.45) is 2.30. The summed E-state index contributed by atoms with van der Waals surface area (Å²) >= 11 is 0. The highest BCUT2D eigenvalue weighted by Gasteiger charge is 2.13. The average molecular weight is 308 g/mol. The van der Waals surface area contributed by atoms with Crippen LogP contribution in [0.4, 0.5) is 4.79 Å². The van der Waals surface area contributed by atoms with Gasteiger partial charge in [-0.2, -0.15) is 0 Å². The monoisotopic (exact) mass is 308 g/mol. The Labute approximate surface area is 130 Å². The number of carboxylic acid groups (broad SMARTS) is 1. The summed E-state index contributed by atoms with van der Waals surface area (Å²) in [6.45, 7) is 0.769. The summed E-state index contributed by atoms with van der Waals surface area (Å²) in [4.78, 5) is 22.2. The van der Waals surface area contributed by atoms with Crippen LogP contribution < -0.4 is 10.6 Å². The Bertz CT molecular complexity index is 451. The van der Waals surface area contributed by atoms with Crippen LogP contribution in [0.25, 0.3) is 0 Å². The Hall–Kier alpha value is -2.08. The number of nitrogens with one attached hydrogen (secondary N) is 2. The van der Waals surface area contributed by atoms with Gasteiger partial charge in [-0.25, -0.2) is 4.79 Å². The highest BCUT2D eigenvalue weighted by atomic mass is 16.5. The maximum absolute atomic E-state index is 11.8. The van der Waals surface area contributed by atoms with Gasteiger partial charge in [-0.15, -0.1) is 0 Å². The molecule has 6 nitrogen and oxygen atoms in total. The molecular formula is C16H24N2O4. The first-order valence-electron chi connectivity index (χ1n) is 7.41. The molecule has 0 aromatic heterocycles. The second-order valence-electron chi connectivity index (χ2n) is 5.07. The van der Waals surface area contributed by atoms with Crippen molar-refractivity contribution < 1.29 is 19.4 Å². The van der Waals surface area contributed by atoms with E-state index >= 15 is 0 Å². The van der Waals surface area contributed by atoms with Crippen LogP contribution in [0.15, 0.2) is 30.3 Å². The number of carboxylic acids is 1. The molecule has 0 fully saturated rings. The largest absolute Gasteiger partial charge is 0.481 e. The lowest BCUT2D eigenvalue weighted by Crippen LogP contribution is -2.43. The molecule has 3 N–H and O–H groups in total. The molecule has 0 saturated heterocycles. The van der Waals surface area contributed by atoms with Crippen LogP contribution in [0.3, 0.4) is 0 Å². The molecule has 6 heteroatoms. The number of hydrogen-bond acceptors (Lipinski definition) is 3. The van der Waals surface area contributed by atoms with Crippen LogP contribution >= 0.6 is 0 Å². The molecule has 1 aromatic carbocycles. The second kappa shape index (κ2) is 10.6. The molecule has 1 atom stereocenters. The number of rotatable bonds is 10. The van der Waals surface area contributed by atoms with Crippen molar-refractivity contribution in [3.05, 3.63) is 35.9 Å². The molecule has 1 aromatic rings. The standard InChI is InChI=1S/C16H24N2O4/c1-22-11-5-8-14(12-13-6-3-2-4-7-13)18-16(21)17-10-9-15(19)20/h2-4,6-7,14H,5,8-12H2,1H3,(H,19,20)(H2,17,18,21). The van der Waals surface area contributed by atoms with E-state index in [0.717, 1.165) is 24.8 Å². The van der Waals surface area contributed by atoms with Gasteiger partial charge < -0.3 is 20.5 Å². The Morgan fingerprint density at radius 2 is 2.00 bits per heavy atom. The van der Waals surface area contributed by atoms with E-state index in [4.69, 9.17) is 9.84 Å². The first kappa shape index (κ1) is 18.0. The highest BCUT2D eigenvalue weighted by Crippen LogP contribution is 2.08. The third-order valence-electron chi connectivity index (χ3n) is 3.19. The average Bonchev–Trinajstić information content (AvgIpc) is 2.48. The van der Waals surface area contributed by atoms with Gasteiger partial charge in [-0.3, -0.25) is 4.79 Å². The predicted molar refractivity (Wildman–Crippen MR) is 83.8 cm³/mol. The molecule has 1 rings (SSSR count).